The first-order valence-corrected chi connectivity index (χ1v) is 19.7. The van der Waals surface area contributed by atoms with Gasteiger partial charge in [0, 0.05) is 38.4 Å². The van der Waals surface area contributed by atoms with Crippen molar-refractivity contribution in [2.75, 3.05) is 4.90 Å². The molecule has 3 heteroatoms. The summed E-state index contributed by atoms with van der Waals surface area (Å²) < 4.78 is 8.99. The smallest absolute Gasteiger partial charge is 0.136 e. The molecule has 1 atom stereocenters. The average molecular weight is 731 g/mol. The molecule has 0 saturated carbocycles. The molecule has 2 heterocycles. The van der Waals surface area contributed by atoms with Gasteiger partial charge >= 0.3 is 0 Å². The summed E-state index contributed by atoms with van der Waals surface area (Å²) in [6.45, 7) is 0. The van der Waals surface area contributed by atoms with Crippen LogP contribution in [0.1, 0.15) is 6.42 Å². The van der Waals surface area contributed by atoms with E-state index >= 15 is 0 Å². The Kier molecular flexibility index (Phi) is 7.96. The van der Waals surface area contributed by atoms with Crippen LogP contribution in [-0.2, 0) is 0 Å². The highest BCUT2D eigenvalue weighted by Crippen LogP contribution is 2.36. The number of para-hydroxylation sites is 2. The van der Waals surface area contributed by atoms with Gasteiger partial charge in [0.2, 0.25) is 0 Å². The van der Waals surface area contributed by atoms with Crippen molar-refractivity contribution in [1.29, 1.82) is 0 Å². The number of hydrogen-bond acceptors (Lipinski definition) is 2. The zero-order valence-corrected chi connectivity index (χ0v) is 31.3. The highest BCUT2D eigenvalue weighted by Gasteiger charge is 2.22. The fourth-order valence-electron chi connectivity index (χ4n) is 8.74. The van der Waals surface area contributed by atoms with E-state index in [2.05, 4.69) is 222 Å². The van der Waals surface area contributed by atoms with Crippen LogP contribution >= 0.6 is 0 Å². The van der Waals surface area contributed by atoms with E-state index in [4.69, 9.17) is 4.42 Å². The number of benzene rings is 8. The normalized spacial score (nSPS) is 13.6. The zero-order valence-electron chi connectivity index (χ0n) is 31.3. The van der Waals surface area contributed by atoms with E-state index in [1.165, 1.54) is 54.8 Å². The minimum Gasteiger partial charge on any atom is -0.456 e. The molecule has 57 heavy (non-hydrogen) atoms. The summed E-state index contributed by atoms with van der Waals surface area (Å²) in [7, 11) is 0. The van der Waals surface area contributed by atoms with Crippen LogP contribution in [0.5, 0.6) is 0 Å². The van der Waals surface area contributed by atoms with Crippen LogP contribution in [0.3, 0.4) is 0 Å². The molecule has 270 valence electrons. The topological polar surface area (TPSA) is 21.3 Å². The number of aromatic nitrogens is 1. The highest BCUT2D eigenvalue weighted by atomic mass is 16.3. The van der Waals surface area contributed by atoms with Crippen LogP contribution in [0.25, 0.3) is 84.0 Å². The molecule has 0 bridgehead atoms. The number of fused-ring (bicyclic) bond motifs is 6. The van der Waals surface area contributed by atoms with Crippen molar-refractivity contribution in [3.05, 3.63) is 211 Å². The summed E-state index contributed by atoms with van der Waals surface area (Å²) in [6, 6.07) is 72.0. The molecule has 11 rings (SSSR count). The van der Waals surface area contributed by atoms with E-state index in [1.807, 2.05) is 0 Å². The summed E-state index contributed by atoms with van der Waals surface area (Å²) in [6.07, 6.45) is 5.52. The second kappa shape index (κ2) is 13.7. The summed E-state index contributed by atoms with van der Waals surface area (Å²) in [4.78, 5) is 2.45. The summed E-state index contributed by atoms with van der Waals surface area (Å²) in [5, 5.41) is 4.88. The SMILES string of the molecule is C1=c2oc3cc(-c4ccccc4)ccc3c2=CCC1N(c1ccc(-c2ccccc2)cc1)c1ccc(-c2ccc(-n3c4ccccc4c4ccccc43)cc2)cc1. The van der Waals surface area contributed by atoms with Crippen LogP contribution in [0, 0.1) is 0 Å². The summed E-state index contributed by atoms with van der Waals surface area (Å²) >= 11 is 0. The summed E-state index contributed by atoms with van der Waals surface area (Å²) in [5.74, 6) is 0. The standard InChI is InChI=1S/C54H38N2O/c1-3-11-37(12-4-1)39-19-26-43(27-20-39)55(46-32-34-50-49-33-25-42(38-13-5-2-6-14-38)35-53(49)57-54(50)36-46)44-28-21-40(22-29-44)41-23-30-45(31-24-41)56-51-17-9-7-15-47(51)48-16-8-10-18-52(48)56/h1-31,33-36,46H,32H2. The third-order valence-corrected chi connectivity index (χ3v) is 11.5. The zero-order chi connectivity index (χ0) is 37.7. The van der Waals surface area contributed by atoms with Crippen LogP contribution in [-0.4, -0.2) is 10.6 Å². The van der Waals surface area contributed by atoms with Gasteiger partial charge in [-0.2, -0.15) is 0 Å². The van der Waals surface area contributed by atoms with Crippen LogP contribution in [0.2, 0.25) is 0 Å². The van der Waals surface area contributed by atoms with Gasteiger partial charge in [0.15, 0.2) is 0 Å². The Morgan fingerprint density at radius 3 is 1.49 bits per heavy atom. The molecule has 0 fully saturated rings. The van der Waals surface area contributed by atoms with Crippen molar-refractivity contribution in [1.82, 2.24) is 4.57 Å². The van der Waals surface area contributed by atoms with Gasteiger partial charge in [0.1, 0.15) is 11.0 Å². The molecular formula is C54H38N2O. The van der Waals surface area contributed by atoms with Gasteiger partial charge in [-0.15, -0.1) is 0 Å². The van der Waals surface area contributed by atoms with Gasteiger partial charge < -0.3 is 13.9 Å². The first-order valence-electron chi connectivity index (χ1n) is 19.7. The molecule has 2 aromatic heterocycles. The highest BCUT2D eigenvalue weighted by molar-refractivity contribution is 6.09. The van der Waals surface area contributed by atoms with Crippen molar-refractivity contribution in [3.63, 3.8) is 0 Å². The fraction of sp³-hybridized carbons (Fsp3) is 0.0370. The van der Waals surface area contributed by atoms with Crippen molar-refractivity contribution in [2.24, 2.45) is 0 Å². The predicted octanol–water partition coefficient (Wildman–Crippen LogP) is 12.7. The fourth-order valence-corrected chi connectivity index (χ4v) is 8.74. The van der Waals surface area contributed by atoms with Gasteiger partial charge in [-0.25, -0.2) is 0 Å². The number of nitrogens with zero attached hydrogens (tertiary/aromatic N) is 2. The molecule has 8 aromatic carbocycles. The van der Waals surface area contributed by atoms with Gasteiger partial charge in [-0.1, -0.05) is 146 Å². The van der Waals surface area contributed by atoms with E-state index < -0.39 is 0 Å². The molecule has 1 unspecified atom stereocenters. The van der Waals surface area contributed by atoms with E-state index in [9.17, 15) is 0 Å². The molecule has 0 spiro atoms. The van der Waals surface area contributed by atoms with E-state index in [-0.39, 0.29) is 6.04 Å². The molecule has 0 aliphatic heterocycles. The molecule has 0 amide bonds. The summed E-state index contributed by atoms with van der Waals surface area (Å²) in [5.41, 5.74) is 14.8. The van der Waals surface area contributed by atoms with Crippen LogP contribution < -0.4 is 15.5 Å². The minimum absolute atomic E-state index is 0.0607. The van der Waals surface area contributed by atoms with Gasteiger partial charge in [-0.3, -0.25) is 0 Å². The Morgan fingerprint density at radius 2 is 0.912 bits per heavy atom. The van der Waals surface area contributed by atoms with Gasteiger partial charge in [-0.05, 0) is 107 Å². The Balaban J connectivity index is 0.950. The first kappa shape index (κ1) is 33.0. The Hall–Kier alpha value is -7.36. The average Bonchev–Trinajstić information content (AvgIpc) is 3.83. The van der Waals surface area contributed by atoms with Crippen molar-refractivity contribution >= 4 is 56.3 Å². The van der Waals surface area contributed by atoms with E-state index in [0.717, 1.165) is 45.4 Å². The number of furan rings is 1. The van der Waals surface area contributed by atoms with Crippen molar-refractivity contribution in [3.8, 4) is 39.1 Å². The quantitative estimate of drug-likeness (QED) is 0.163. The lowest BCUT2D eigenvalue weighted by atomic mass is 9.99. The molecule has 1 aliphatic rings. The molecule has 1 aliphatic carbocycles. The monoisotopic (exact) mass is 730 g/mol. The maximum Gasteiger partial charge on any atom is 0.136 e. The van der Waals surface area contributed by atoms with Gasteiger partial charge in [0.05, 0.1) is 17.1 Å². The van der Waals surface area contributed by atoms with Crippen LogP contribution in [0.4, 0.5) is 11.4 Å². The van der Waals surface area contributed by atoms with Gasteiger partial charge in [0.25, 0.3) is 0 Å². The Labute approximate surface area is 331 Å². The minimum atomic E-state index is 0.0607. The lowest BCUT2D eigenvalue weighted by Crippen LogP contribution is -2.36. The lowest BCUT2D eigenvalue weighted by Gasteiger charge is -2.32. The molecule has 3 nitrogen and oxygen atoms in total. The van der Waals surface area contributed by atoms with Crippen LogP contribution in [0.15, 0.2) is 205 Å². The largest absolute Gasteiger partial charge is 0.456 e. The molecule has 0 N–H and O–H groups in total. The predicted molar refractivity (Wildman–Crippen MR) is 238 cm³/mol. The maximum atomic E-state index is 6.63. The van der Waals surface area contributed by atoms with E-state index in [0.29, 0.717) is 0 Å². The van der Waals surface area contributed by atoms with Crippen molar-refractivity contribution < 1.29 is 4.42 Å². The Bertz CT molecular complexity index is 3120. The van der Waals surface area contributed by atoms with Crippen molar-refractivity contribution in [2.45, 2.75) is 12.5 Å². The molecule has 0 radical (unpaired) electrons. The molecular weight excluding hydrogens is 693 g/mol. The molecule has 0 saturated heterocycles. The van der Waals surface area contributed by atoms with E-state index in [1.54, 1.807) is 0 Å². The number of anilines is 2. The first-order chi connectivity index (χ1) is 28.2. The number of hydrogen-bond donors (Lipinski definition) is 0. The third-order valence-electron chi connectivity index (χ3n) is 11.5. The maximum absolute atomic E-state index is 6.63. The number of rotatable bonds is 7. The lowest BCUT2D eigenvalue weighted by molar-refractivity contribution is 0.568. The third kappa shape index (κ3) is 5.84. The second-order valence-corrected chi connectivity index (χ2v) is 14.9. The second-order valence-electron chi connectivity index (χ2n) is 14.9. The Morgan fingerprint density at radius 1 is 0.439 bits per heavy atom. The molecule has 10 aromatic rings.